The highest BCUT2D eigenvalue weighted by molar-refractivity contribution is 6.10. The summed E-state index contributed by atoms with van der Waals surface area (Å²) < 4.78 is 1.95. The molecule has 6 nitrogen and oxygen atoms in total. The maximum Gasteiger partial charge on any atom is 0.141 e. The molecule has 0 unspecified atom stereocenters. The van der Waals surface area contributed by atoms with Gasteiger partial charge in [0.1, 0.15) is 17.4 Å². The summed E-state index contributed by atoms with van der Waals surface area (Å²) in [6, 6.07) is 9.52. The lowest BCUT2D eigenvalue weighted by atomic mass is 9.97. The minimum absolute atomic E-state index is 0.124. The molecule has 0 radical (unpaired) electrons. The summed E-state index contributed by atoms with van der Waals surface area (Å²) in [7, 11) is 0. The van der Waals surface area contributed by atoms with Crippen LogP contribution in [0.5, 0.6) is 0 Å². The van der Waals surface area contributed by atoms with Crippen LogP contribution in [0.4, 0.5) is 0 Å². The SMILES string of the molecule is Cc1cn2ccc(-c3nc(C#N)ccc3/C(C=N)=C/NCC(C)(C)C)cc2n1. The third kappa shape index (κ3) is 4.26. The van der Waals surface area contributed by atoms with Crippen LogP contribution >= 0.6 is 0 Å². The predicted octanol–water partition coefficient (Wildman–Crippen LogP) is 4.20. The first-order valence-electron chi connectivity index (χ1n) is 9.12. The molecule has 3 aromatic heterocycles. The number of nitrogens with one attached hydrogen (secondary N) is 2. The molecule has 0 spiro atoms. The Morgan fingerprint density at radius 1 is 1.29 bits per heavy atom. The van der Waals surface area contributed by atoms with Crippen LogP contribution in [0.15, 0.2) is 42.9 Å². The van der Waals surface area contributed by atoms with Gasteiger partial charge in [0.25, 0.3) is 0 Å². The van der Waals surface area contributed by atoms with E-state index in [4.69, 9.17) is 5.41 Å². The number of hydrogen-bond donors (Lipinski definition) is 2. The van der Waals surface area contributed by atoms with E-state index in [2.05, 4.69) is 42.1 Å². The van der Waals surface area contributed by atoms with Gasteiger partial charge in [0.2, 0.25) is 0 Å². The summed E-state index contributed by atoms with van der Waals surface area (Å²) in [5.41, 5.74) is 5.23. The van der Waals surface area contributed by atoms with Gasteiger partial charge in [-0.1, -0.05) is 20.8 Å². The van der Waals surface area contributed by atoms with Gasteiger partial charge >= 0.3 is 0 Å². The number of aromatic nitrogens is 3. The van der Waals surface area contributed by atoms with Crippen molar-refractivity contribution in [2.75, 3.05) is 6.54 Å². The monoisotopic (exact) mass is 372 g/mol. The van der Waals surface area contributed by atoms with Crippen LogP contribution in [0, 0.1) is 29.1 Å². The maximum absolute atomic E-state index is 9.30. The molecule has 0 bridgehead atoms. The van der Waals surface area contributed by atoms with E-state index in [0.717, 1.165) is 29.0 Å². The zero-order valence-corrected chi connectivity index (χ0v) is 16.6. The Morgan fingerprint density at radius 2 is 2.07 bits per heavy atom. The van der Waals surface area contributed by atoms with Crippen molar-refractivity contribution in [2.45, 2.75) is 27.7 Å². The summed E-state index contributed by atoms with van der Waals surface area (Å²) in [6.07, 6.45) is 7.03. The van der Waals surface area contributed by atoms with E-state index in [1.54, 1.807) is 6.07 Å². The molecule has 0 aliphatic heterocycles. The van der Waals surface area contributed by atoms with Crippen LogP contribution in [-0.2, 0) is 0 Å². The van der Waals surface area contributed by atoms with E-state index < -0.39 is 0 Å². The lowest BCUT2D eigenvalue weighted by molar-refractivity contribution is 0.403. The Labute approximate surface area is 165 Å². The van der Waals surface area contributed by atoms with Crippen molar-refractivity contribution in [1.82, 2.24) is 19.7 Å². The van der Waals surface area contributed by atoms with E-state index in [0.29, 0.717) is 17.0 Å². The standard InChI is InChI=1S/C22H24N6/c1-15-13-28-8-7-16(9-20(28)26-15)21-19(6-5-18(11-24)27-21)17(10-23)12-25-14-22(2,3)4/h5-10,12-13,23,25H,14H2,1-4H3/b17-12+,23-10?. The van der Waals surface area contributed by atoms with Crippen molar-refractivity contribution >= 4 is 17.4 Å². The van der Waals surface area contributed by atoms with Crippen LogP contribution in [0.25, 0.3) is 22.5 Å². The molecule has 3 rings (SSSR count). The molecule has 0 atom stereocenters. The smallest absolute Gasteiger partial charge is 0.141 e. The van der Waals surface area contributed by atoms with Crippen molar-refractivity contribution in [3.05, 3.63) is 59.8 Å². The largest absolute Gasteiger partial charge is 0.390 e. The number of fused-ring (bicyclic) bond motifs is 1. The molecule has 3 aromatic rings. The lowest BCUT2D eigenvalue weighted by Crippen LogP contribution is -2.23. The minimum atomic E-state index is 0.124. The molecule has 0 amide bonds. The summed E-state index contributed by atoms with van der Waals surface area (Å²) >= 11 is 0. The Balaban J connectivity index is 2.09. The van der Waals surface area contributed by atoms with Gasteiger partial charge in [-0.15, -0.1) is 0 Å². The van der Waals surface area contributed by atoms with Gasteiger partial charge in [0.05, 0.1) is 11.4 Å². The Kier molecular flexibility index (Phi) is 5.27. The number of aryl methyl sites for hydroxylation is 1. The van der Waals surface area contributed by atoms with E-state index in [1.165, 1.54) is 6.21 Å². The molecule has 28 heavy (non-hydrogen) atoms. The average Bonchev–Trinajstić information content (AvgIpc) is 3.03. The third-order valence-electron chi connectivity index (χ3n) is 4.22. The van der Waals surface area contributed by atoms with Crippen molar-refractivity contribution in [3.8, 4) is 17.3 Å². The van der Waals surface area contributed by atoms with Crippen LogP contribution in [0.3, 0.4) is 0 Å². The Morgan fingerprint density at radius 3 is 2.75 bits per heavy atom. The summed E-state index contributed by atoms with van der Waals surface area (Å²) in [4.78, 5) is 9.04. The Bertz CT molecular complexity index is 1090. The van der Waals surface area contributed by atoms with Gasteiger partial charge < -0.3 is 15.1 Å². The molecular formula is C22H24N6. The summed E-state index contributed by atoms with van der Waals surface area (Å²) in [6.45, 7) is 9.17. The fraction of sp³-hybridized carbons (Fsp3) is 0.273. The molecule has 0 fully saturated rings. The lowest BCUT2D eigenvalue weighted by Gasteiger charge is -2.18. The van der Waals surface area contributed by atoms with E-state index in [1.807, 2.05) is 48.1 Å². The van der Waals surface area contributed by atoms with Crippen LogP contribution in [0.1, 0.15) is 37.7 Å². The molecule has 0 saturated heterocycles. The number of imidazole rings is 1. The molecule has 2 N–H and O–H groups in total. The van der Waals surface area contributed by atoms with Gasteiger partial charge in [0, 0.05) is 48.1 Å². The summed E-state index contributed by atoms with van der Waals surface area (Å²) in [5.74, 6) is 0. The molecule has 3 heterocycles. The first-order chi connectivity index (χ1) is 13.3. The number of nitrogens with zero attached hydrogens (tertiary/aromatic N) is 4. The fourth-order valence-electron chi connectivity index (χ4n) is 2.89. The number of allylic oxidation sites excluding steroid dienone is 1. The van der Waals surface area contributed by atoms with E-state index >= 15 is 0 Å². The van der Waals surface area contributed by atoms with Crippen molar-refractivity contribution in [1.29, 1.82) is 10.7 Å². The second kappa shape index (κ2) is 7.65. The fourth-order valence-corrected chi connectivity index (χ4v) is 2.89. The molecule has 0 saturated carbocycles. The molecule has 0 aliphatic rings. The Hall–Kier alpha value is -3.46. The van der Waals surface area contributed by atoms with Gasteiger partial charge in [-0.2, -0.15) is 5.26 Å². The van der Waals surface area contributed by atoms with Crippen molar-refractivity contribution in [2.24, 2.45) is 5.41 Å². The zero-order chi connectivity index (χ0) is 20.3. The van der Waals surface area contributed by atoms with Gasteiger partial charge in [-0.05, 0) is 36.6 Å². The molecular weight excluding hydrogens is 348 g/mol. The second-order valence-electron chi connectivity index (χ2n) is 7.95. The highest BCUT2D eigenvalue weighted by Crippen LogP contribution is 2.28. The second-order valence-corrected chi connectivity index (χ2v) is 7.95. The van der Waals surface area contributed by atoms with Gasteiger partial charge in [-0.25, -0.2) is 9.97 Å². The average molecular weight is 372 g/mol. The quantitative estimate of drug-likeness (QED) is 0.657. The van der Waals surface area contributed by atoms with E-state index in [9.17, 15) is 5.26 Å². The number of nitriles is 1. The first-order valence-corrected chi connectivity index (χ1v) is 9.12. The maximum atomic E-state index is 9.30. The van der Waals surface area contributed by atoms with Gasteiger partial charge in [-0.3, -0.25) is 0 Å². The van der Waals surface area contributed by atoms with Crippen LogP contribution in [-0.4, -0.2) is 27.1 Å². The first kappa shape index (κ1) is 19.3. The molecule has 0 aliphatic carbocycles. The van der Waals surface area contributed by atoms with Crippen molar-refractivity contribution in [3.63, 3.8) is 0 Å². The minimum Gasteiger partial charge on any atom is -0.390 e. The predicted molar refractivity (Wildman–Crippen MR) is 112 cm³/mol. The van der Waals surface area contributed by atoms with Crippen LogP contribution in [0.2, 0.25) is 0 Å². The molecule has 142 valence electrons. The topological polar surface area (TPSA) is 89.9 Å². The normalized spacial score (nSPS) is 12.0. The highest BCUT2D eigenvalue weighted by atomic mass is 15.0. The van der Waals surface area contributed by atoms with Crippen LogP contribution < -0.4 is 5.32 Å². The number of hydrogen-bond acceptors (Lipinski definition) is 5. The number of pyridine rings is 2. The van der Waals surface area contributed by atoms with E-state index in [-0.39, 0.29) is 5.41 Å². The highest BCUT2D eigenvalue weighted by Gasteiger charge is 2.14. The third-order valence-corrected chi connectivity index (χ3v) is 4.22. The zero-order valence-electron chi connectivity index (χ0n) is 16.6. The molecule has 0 aromatic carbocycles. The number of rotatable bonds is 5. The molecule has 6 heteroatoms. The summed E-state index contributed by atoms with van der Waals surface area (Å²) in [5, 5.41) is 20.5. The van der Waals surface area contributed by atoms with Crippen molar-refractivity contribution < 1.29 is 0 Å². The van der Waals surface area contributed by atoms with Gasteiger partial charge in [0.15, 0.2) is 0 Å².